The number of nitrogens with zero attached hydrogens (tertiary/aromatic N) is 3. The predicted molar refractivity (Wildman–Crippen MR) is 162 cm³/mol. The maximum Gasteiger partial charge on any atom is 0.326 e. The van der Waals surface area contributed by atoms with Crippen LogP contribution >= 0.6 is 0 Å². The van der Waals surface area contributed by atoms with E-state index < -0.39 is 23.5 Å². The van der Waals surface area contributed by atoms with E-state index in [4.69, 9.17) is 15.6 Å². The van der Waals surface area contributed by atoms with Gasteiger partial charge in [0, 0.05) is 50.4 Å². The third-order valence-electron chi connectivity index (χ3n) is 6.28. The summed E-state index contributed by atoms with van der Waals surface area (Å²) in [6.07, 6.45) is 2.51. The van der Waals surface area contributed by atoms with Gasteiger partial charge in [-0.2, -0.15) is 4.98 Å². The Hall–Kier alpha value is -5.16. The number of nitrogen functional groups attached to an aromatic ring is 1. The van der Waals surface area contributed by atoms with Crippen LogP contribution in [0, 0.1) is 0 Å². The summed E-state index contributed by atoms with van der Waals surface area (Å²) in [4.78, 5) is 74.4. The van der Waals surface area contributed by atoms with E-state index in [-0.39, 0.29) is 66.9 Å². The Morgan fingerprint density at radius 3 is 2.29 bits per heavy atom. The second kappa shape index (κ2) is 17.8. The Bertz CT molecular complexity index is 1510. The Morgan fingerprint density at radius 2 is 1.64 bits per heavy atom. The first-order valence-electron chi connectivity index (χ1n) is 14.3. The lowest BCUT2D eigenvalue weighted by molar-refractivity contribution is -0.139. The van der Waals surface area contributed by atoms with Crippen molar-refractivity contribution in [2.75, 3.05) is 44.0 Å². The zero-order chi connectivity index (χ0) is 32.6. The van der Waals surface area contributed by atoms with Gasteiger partial charge in [0.1, 0.15) is 6.04 Å². The predicted octanol–water partition coefficient (Wildman–Crippen LogP) is -0.718. The van der Waals surface area contributed by atoms with Gasteiger partial charge in [0.05, 0.1) is 25.0 Å². The highest BCUT2D eigenvalue weighted by Crippen LogP contribution is 2.12. The van der Waals surface area contributed by atoms with Gasteiger partial charge in [-0.15, -0.1) is 0 Å². The van der Waals surface area contributed by atoms with E-state index in [0.717, 1.165) is 0 Å². The number of aliphatic carboxylic acids is 1. The number of anilines is 2. The van der Waals surface area contributed by atoms with Crippen molar-refractivity contribution in [3.05, 3.63) is 52.1 Å². The van der Waals surface area contributed by atoms with Gasteiger partial charge >= 0.3 is 5.97 Å². The number of nitrogens with two attached hydrogens (primary N) is 1. The minimum atomic E-state index is -1.26. The molecule has 2 heterocycles. The number of H-pyrrole nitrogens is 1. The molecule has 3 rings (SSSR count). The van der Waals surface area contributed by atoms with Gasteiger partial charge in [-0.05, 0) is 43.5 Å². The molecule has 0 aliphatic heterocycles. The number of nitrogens with one attached hydrogen (secondary N) is 5. The number of ether oxygens (including phenoxy) is 1. The van der Waals surface area contributed by atoms with Gasteiger partial charge in [0.2, 0.25) is 17.8 Å². The summed E-state index contributed by atoms with van der Waals surface area (Å²) in [6.45, 7) is 1.66. The lowest BCUT2D eigenvalue weighted by Crippen LogP contribution is -2.41. The molecule has 1 atom stereocenters. The Kier molecular flexibility index (Phi) is 13.6. The third-order valence-corrected chi connectivity index (χ3v) is 6.28. The molecule has 9 N–H and O–H groups in total. The normalized spacial score (nSPS) is 11.5. The summed E-state index contributed by atoms with van der Waals surface area (Å²) < 4.78 is 5.43. The molecule has 0 radical (unpaired) electrons. The van der Waals surface area contributed by atoms with Crippen LogP contribution in [0.1, 0.15) is 48.2 Å². The van der Waals surface area contributed by atoms with Crippen molar-refractivity contribution < 1.29 is 34.1 Å². The molecule has 0 spiro atoms. The van der Waals surface area contributed by atoms with Crippen LogP contribution in [-0.2, 0) is 25.7 Å². The van der Waals surface area contributed by atoms with Crippen molar-refractivity contribution in [1.82, 2.24) is 35.9 Å². The average molecular weight is 628 g/mol. The van der Waals surface area contributed by atoms with Crippen LogP contribution in [0.2, 0.25) is 0 Å². The quantitative estimate of drug-likeness (QED) is 0.0764. The van der Waals surface area contributed by atoms with Gasteiger partial charge in [0.15, 0.2) is 11.2 Å². The number of benzene rings is 1. The first-order chi connectivity index (χ1) is 21.7. The molecule has 0 fully saturated rings. The fraction of sp³-hybridized carbons (Fsp3) is 0.429. The molecule has 0 saturated heterocycles. The van der Waals surface area contributed by atoms with E-state index in [1.54, 1.807) is 12.1 Å². The smallest absolute Gasteiger partial charge is 0.326 e. The second-order valence-electron chi connectivity index (χ2n) is 9.81. The number of aliphatic hydroxyl groups excluding tert-OH is 1. The Morgan fingerprint density at radius 1 is 0.978 bits per heavy atom. The molecule has 2 aromatic heterocycles. The number of carbonyl (C=O) groups is 4. The lowest BCUT2D eigenvalue weighted by atomic mass is 10.1. The molecule has 0 aliphatic carbocycles. The molecule has 0 saturated carbocycles. The van der Waals surface area contributed by atoms with Crippen molar-refractivity contribution >= 4 is 46.5 Å². The summed E-state index contributed by atoms with van der Waals surface area (Å²) in [5.74, 6) is -2.49. The molecule has 0 unspecified atom stereocenters. The van der Waals surface area contributed by atoms with Crippen LogP contribution in [0.3, 0.4) is 0 Å². The molecule has 3 amide bonds. The van der Waals surface area contributed by atoms with Crippen LogP contribution in [-0.4, -0.2) is 92.8 Å². The standard InChI is InChI=1S/C28H37N9O8/c29-28-36-24-23(26(42)37-28)34-19(16-33-24)15-32-18-5-3-17(4-6-18)25(41)35-20(27(43)44)7-8-21(39)30-10-1-13-45-14-2-11-31-22(40)9-12-38/h3-6,16,20,32,38H,1-2,7-15H2,(H,30,39)(H,31,40)(H,35,41)(H,43,44)(H3,29,33,36,37,42)/t20-/m0/s1. The van der Waals surface area contributed by atoms with Gasteiger partial charge in [0.25, 0.3) is 11.5 Å². The molecule has 1 aromatic carbocycles. The van der Waals surface area contributed by atoms with Gasteiger partial charge < -0.3 is 42.0 Å². The van der Waals surface area contributed by atoms with Crippen molar-refractivity contribution in [3.63, 3.8) is 0 Å². The SMILES string of the molecule is Nc1nc2ncc(CNc3ccc(C(=O)N[C@@H](CCC(=O)NCCCOCCCNC(=O)CCO)C(=O)O)cc3)nc2c(=O)[nH]1. The molecule has 3 aromatic rings. The zero-order valence-electron chi connectivity index (χ0n) is 24.5. The largest absolute Gasteiger partial charge is 0.480 e. The topological polar surface area (TPSA) is 264 Å². The highest BCUT2D eigenvalue weighted by molar-refractivity contribution is 5.97. The van der Waals surface area contributed by atoms with Crippen molar-refractivity contribution in [2.45, 2.75) is 44.7 Å². The monoisotopic (exact) mass is 627 g/mol. The summed E-state index contributed by atoms with van der Waals surface area (Å²) in [5, 5.41) is 29.1. The lowest BCUT2D eigenvalue weighted by Gasteiger charge is -2.15. The molecule has 17 heteroatoms. The molecule has 0 bridgehead atoms. The Labute approximate surface area is 257 Å². The van der Waals surface area contributed by atoms with E-state index >= 15 is 0 Å². The van der Waals surface area contributed by atoms with Crippen LogP contribution in [0.4, 0.5) is 11.6 Å². The number of amides is 3. The number of rotatable bonds is 19. The van der Waals surface area contributed by atoms with Gasteiger partial charge in [-0.3, -0.25) is 24.2 Å². The number of fused-ring (bicyclic) bond motifs is 1. The Balaban J connectivity index is 1.35. The average Bonchev–Trinajstić information content (AvgIpc) is 3.01. The fourth-order valence-electron chi connectivity index (χ4n) is 3.95. The molecule has 0 aliphatic rings. The summed E-state index contributed by atoms with van der Waals surface area (Å²) in [6, 6.07) is 5.02. The van der Waals surface area contributed by atoms with Crippen molar-refractivity contribution in [1.29, 1.82) is 0 Å². The first kappa shape index (κ1) is 34.3. The van der Waals surface area contributed by atoms with E-state index in [2.05, 4.69) is 41.2 Å². The molecule has 17 nitrogen and oxygen atoms in total. The van der Waals surface area contributed by atoms with Crippen LogP contribution in [0.25, 0.3) is 11.2 Å². The number of carbonyl (C=O) groups excluding carboxylic acids is 3. The zero-order valence-corrected chi connectivity index (χ0v) is 24.5. The number of aromatic nitrogens is 4. The fourth-order valence-corrected chi connectivity index (χ4v) is 3.95. The maximum atomic E-state index is 12.7. The number of hydrogen-bond donors (Lipinski definition) is 8. The first-order valence-corrected chi connectivity index (χ1v) is 14.3. The third kappa shape index (κ3) is 11.8. The molecule has 45 heavy (non-hydrogen) atoms. The van der Waals surface area contributed by atoms with E-state index in [0.29, 0.717) is 50.5 Å². The highest BCUT2D eigenvalue weighted by atomic mass is 16.5. The number of hydrogen-bond acceptors (Lipinski definition) is 12. The van der Waals surface area contributed by atoms with Crippen molar-refractivity contribution in [3.8, 4) is 0 Å². The van der Waals surface area contributed by atoms with Crippen LogP contribution in [0.15, 0.2) is 35.3 Å². The van der Waals surface area contributed by atoms with Crippen molar-refractivity contribution in [2.24, 2.45) is 0 Å². The number of aliphatic hydroxyl groups is 1. The number of carboxylic acids is 1. The number of carboxylic acid groups (broad SMARTS) is 1. The molecule has 242 valence electrons. The van der Waals surface area contributed by atoms with E-state index in [1.165, 1.54) is 18.3 Å². The minimum absolute atomic E-state index is 0.0541. The summed E-state index contributed by atoms with van der Waals surface area (Å²) in [5.41, 5.74) is 6.53. The summed E-state index contributed by atoms with van der Waals surface area (Å²) in [7, 11) is 0. The second-order valence-corrected chi connectivity index (χ2v) is 9.81. The van der Waals surface area contributed by atoms with Gasteiger partial charge in [-0.1, -0.05) is 0 Å². The van der Waals surface area contributed by atoms with Crippen LogP contribution in [0.5, 0.6) is 0 Å². The van der Waals surface area contributed by atoms with E-state index in [9.17, 15) is 29.1 Å². The van der Waals surface area contributed by atoms with Gasteiger partial charge in [-0.25, -0.2) is 14.8 Å². The summed E-state index contributed by atoms with van der Waals surface area (Å²) >= 11 is 0. The molecular formula is C28H37N9O8. The van der Waals surface area contributed by atoms with E-state index in [1.807, 2.05) is 0 Å². The minimum Gasteiger partial charge on any atom is -0.480 e. The van der Waals surface area contributed by atoms with Crippen LogP contribution < -0.4 is 32.6 Å². The molecular weight excluding hydrogens is 590 g/mol. The highest BCUT2D eigenvalue weighted by Gasteiger charge is 2.21. The number of aromatic amines is 1. The maximum absolute atomic E-state index is 12.7.